The number of anilines is 1. The van der Waals surface area contributed by atoms with Gasteiger partial charge in [0, 0.05) is 6.07 Å². The number of rotatable bonds is 2. The lowest BCUT2D eigenvalue weighted by Crippen LogP contribution is -2.08. The number of methoxy groups -OCH3 is 1. The summed E-state index contributed by atoms with van der Waals surface area (Å²) in [7, 11) is 1.18. The molecule has 1 aromatic heterocycles. The second-order valence-electron chi connectivity index (χ2n) is 3.56. The number of esters is 1. The van der Waals surface area contributed by atoms with Crippen LogP contribution in [-0.2, 0) is 4.74 Å². The first-order chi connectivity index (χ1) is 8.95. The van der Waals surface area contributed by atoms with Gasteiger partial charge in [0.25, 0.3) is 0 Å². The maximum Gasteiger partial charge on any atom is 0.360 e. The van der Waals surface area contributed by atoms with Gasteiger partial charge in [-0.3, -0.25) is 4.57 Å². The van der Waals surface area contributed by atoms with Crippen LogP contribution in [0.25, 0.3) is 5.69 Å². The van der Waals surface area contributed by atoms with Crippen molar-refractivity contribution in [2.45, 2.75) is 0 Å². The number of halogens is 3. The number of hydrogen-bond acceptors (Lipinski definition) is 4. The SMILES string of the molecule is COC(=O)c1ncn(-c2cc(Br)c(F)cc2F)c1N. The van der Waals surface area contributed by atoms with E-state index < -0.39 is 17.6 Å². The summed E-state index contributed by atoms with van der Waals surface area (Å²) in [6.07, 6.45) is 1.16. The molecule has 19 heavy (non-hydrogen) atoms. The lowest BCUT2D eigenvalue weighted by atomic mass is 10.3. The van der Waals surface area contributed by atoms with Crippen LogP contribution in [0.2, 0.25) is 0 Å². The first-order valence-electron chi connectivity index (χ1n) is 5.01. The molecule has 1 heterocycles. The predicted octanol–water partition coefficient (Wildman–Crippen LogP) is 2.28. The van der Waals surface area contributed by atoms with E-state index in [1.807, 2.05) is 0 Å². The van der Waals surface area contributed by atoms with Crippen LogP contribution in [0.4, 0.5) is 14.6 Å². The molecule has 100 valence electrons. The average molecular weight is 332 g/mol. The van der Waals surface area contributed by atoms with Crippen LogP contribution in [0, 0.1) is 11.6 Å². The van der Waals surface area contributed by atoms with E-state index in [1.54, 1.807) is 0 Å². The Labute approximate surface area is 115 Å². The molecule has 0 aliphatic carbocycles. The van der Waals surface area contributed by atoms with E-state index in [4.69, 9.17) is 5.73 Å². The molecule has 0 radical (unpaired) electrons. The van der Waals surface area contributed by atoms with Crippen molar-refractivity contribution < 1.29 is 18.3 Å². The number of aromatic nitrogens is 2. The zero-order chi connectivity index (χ0) is 14.2. The van der Waals surface area contributed by atoms with Crippen molar-refractivity contribution in [2.24, 2.45) is 0 Å². The van der Waals surface area contributed by atoms with Crippen molar-refractivity contribution in [3.63, 3.8) is 0 Å². The average Bonchev–Trinajstić information content (AvgIpc) is 2.75. The van der Waals surface area contributed by atoms with Crippen molar-refractivity contribution >= 4 is 27.7 Å². The summed E-state index contributed by atoms with van der Waals surface area (Å²) in [5.41, 5.74) is 5.52. The predicted molar refractivity (Wildman–Crippen MR) is 66.9 cm³/mol. The summed E-state index contributed by atoms with van der Waals surface area (Å²) >= 11 is 2.94. The molecule has 0 saturated carbocycles. The summed E-state index contributed by atoms with van der Waals surface area (Å²) in [4.78, 5) is 15.1. The van der Waals surface area contributed by atoms with Gasteiger partial charge < -0.3 is 10.5 Å². The van der Waals surface area contributed by atoms with Crippen LogP contribution in [0.1, 0.15) is 10.5 Å². The number of nitrogens with zero attached hydrogens (tertiary/aromatic N) is 2. The number of nitrogen functional groups attached to an aromatic ring is 1. The van der Waals surface area contributed by atoms with Gasteiger partial charge in [-0.05, 0) is 22.0 Å². The fraction of sp³-hybridized carbons (Fsp3) is 0.0909. The molecule has 8 heteroatoms. The molecule has 0 saturated heterocycles. The zero-order valence-electron chi connectivity index (χ0n) is 9.65. The molecule has 2 N–H and O–H groups in total. The van der Waals surface area contributed by atoms with E-state index in [-0.39, 0.29) is 21.7 Å². The normalized spacial score (nSPS) is 10.5. The monoisotopic (exact) mass is 331 g/mol. The van der Waals surface area contributed by atoms with Crippen LogP contribution in [0.5, 0.6) is 0 Å². The maximum absolute atomic E-state index is 13.7. The molecule has 0 aliphatic heterocycles. The van der Waals surface area contributed by atoms with E-state index >= 15 is 0 Å². The third kappa shape index (κ3) is 2.30. The smallest absolute Gasteiger partial charge is 0.360 e. The van der Waals surface area contributed by atoms with Crippen molar-refractivity contribution in [3.8, 4) is 5.69 Å². The standard InChI is InChI=1S/C11H8BrF2N3O2/c1-19-11(18)9-10(15)17(4-16-9)8-2-5(12)6(13)3-7(8)14/h2-4H,15H2,1H3. The van der Waals surface area contributed by atoms with Crippen LogP contribution in [-0.4, -0.2) is 22.6 Å². The number of carbonyl (C=O) groups is 1. The topological polar surface area (TPSA) is 70.1 Å². The molecule has 0 amide bonds. The lowest BCUT2D eigenvalue weighted by molar-refractivity contribution is 0.0596. The van der Waals surface area contributed by atoms with E-state index in [1.165, 1.54) is 13.2 Å². The second-order valence-corrected chi connectivity index (χ2v) is 4.41. The molecule has 1 aromatic carbocycles. The molecular weight excluding hydrogens is 324 g/mol. The Bertz CT molecular complexity index is 658. The Morgan fingerprint density at radius 3 is 2.74 bits per heavy atom. The summed E-state index contributed by atoms with van der Waals surface area (Å²) in [5, 5.41) is 0. The summed E-state index contributed by atoms with van der Waals surface area (Å²) in [5.74, 6) is -2.41. The molecule has 2 aromatic rings. The second kappa shape index (κ2) is 4.96. The fourth-order valence-corrected chi connectivity index (χ4v) is 1.83. The Morgan fingerprint density at radius 1 is 1.42 bits per heavy atom. The van der Waals surface area contributed by atoms with E-state index in [0.717, 1.165) is 10.9 Å². The number of hydrogen-bond donors (Lipinski definition) is 1. The quantitative estimate of drug-likeness (QED) is 0.677. The van der Waals surface area contributed by atoms with Crippen LogP contribution < -0.4 is 5.73 Å². The maximum atomic E-state index is 13.7. The number of ether oxygens (including phenoxy) is 1. The molecule has 0 bridgehead atoms. The Hall–Kier alpha value is -1.96. The highest BCUT2D eigenvalue weighted by molar-refractivity contribution is 9.10. The van der Waals surface area contributed by atoms with Crippen molar-refractivity contribution in [1.82, 2.24) is 9.55 Å². The Kier molecular flexibility index (Phi) is 3.52. The van der Waals surface area contributed by atoms with E-state index in [0.29, 0.717) is 6.07 Å². The van der Waals surface area contributed by atoms with Crippen molar-refractivity contribution in [1.29, 1.82) is 0 Å². The van der Waals surface area contributed by atoms with Gasteiger partial charge in [0.05, 0.1) is 17.3 Å². The molecule has 0 fully saturated rings. The minimum absolute atomic E-state index is 0.0339. The number of benzene rings is 1. The highest BCUT2D eigenvalue weighted by Gasteiger charge is 2.19. The first kappa shape index (κ1) is 13.5. The number of imidazole rings is 1. The van der Waals surface area contributed by atoms with Gasteiger partial charge in [-0.15, -0.1) is 0 Å². The van der Waals surface area contributed by atoms with Crippen molar-refractivity contribution in [2.75, 3.05) is 12.8 Å². The van der Waals surface area contributed by atoms with Crippen molar-refractivity contribution in [3.05, 3.63) is 40.3 Å². The lowest BCUT2D eigenvalue weighted by Gasteiger charge is -2.08. The molecule has 2 rings (SSSR count). The summed E-state index contributed by atoms with van der Waals surface area (Å²) in [6.45, 7) is 0. The van der Waals surface area contributed by atoms with Gasteiger partial charge in [0.1, 0.15) is 23.8 Å². The highest BCUT2D eigenvalue weighted by Crippen LogP contribution is 2.25. The van der Waals surface area contributed by atoms with Gasteiger partial charge in [0.15, 0.2) is 5.69 Å². The molecule has 0 aliphatic rings. The summed E-state index contributed by atoms with van der Waals surface area (Å²) < 4.78 is 32.5. The van der Waals surface area contributed by atoms with Gasteiger partial charge in [-0.1, -0.05) is 0 Å². The van der Waals surface area contributed by atoms with Gasteiger partial charge in [-0.2, -0.15) is 0 Å². The van der Waals surface area contributed by atoms with Gasteiger partial charge in [-0.25, -0.2) is 18.6 Å². The van der Waals surface area contributed by atoms with Gasteiger partial charge in [0.2, 0.25) is 0 Å². The largest absolute Gasteiger partial charge is 0.464 e. The molecule has 0 unspecified atom stereocenters. The van der Waals surface area contributed by atoms with E-state index in [2.05, 4.69) is 25.7 Å². The molecular formula is C11H8BrF2N3O2. The number of carbonyl (C=O) groups excluding carboxylic acids is 1. The first-order valence-corrected chi connectivity index (χ1v) is 5.81. The van der Waals surface area contributed by atoms with Crippen LogP contribution in [0.15, 0.2) is 22.9 Å². The molecule has 5 nitrogen and oxygen atoms in total. The third-order valence-electron chi connectivity index (χ3n) is 2.43. The minimum atomic E-state index is -0.832. The summed E-state index contributed by atoms with van der Waals surface area (Å²) in [6, 6.07) is 1.90. The minimum Gasteiger partial charge on any atom is -0.464 e. The van der Waals surface area contributed by atoms with Gasteiger partial charge >= 0.3 is 5.97 Å². The molecule has 0 atom stereocenters. The van der Waals surface area contributed by atoms with Crippen LogP contribution >= 0.6 is 15.9 Å². The zero-order valence-corrected chi connectivity index (χ0v) is 11.2. The highest BCUT2D eigenvalue weighted by atomic mass is 79.9. The third-order valence-corrected chi connectivity index (χ3v) is 3.04. The Balaban J connectivity index is 2.57. The fourth-order valence-electron chi connectivity index (χ4n) is 1.50. The molecule has 0 spiro atoms. The number of nitrogens with two attached hydrogens (primary N) is 1. The van der Waals surface area contributed by atoms with Crippen LogP contribution in [0.3, 0.4) is 0 Å². The Morgan fingerprint density at radius 2 is 2.11 bits per heavy atom. The van der Waals surface area contributed by atoms with E-state index in [9.17, 15) is 13.6 Å².